The van der Waals surface area contributed by atoms with Crippen LogP contribution in [0.15, 0.2) is 97.2 Å². The van der Waals surface area contributed by atoms with E-state index in [1.165, 1.54) is 50.4 Å². The Morgan fingerprint density at radius 1 is 0.733 bits per heavy atom. The van der Waals surface area contributed by atoms with Gasteiger partial charge >= 0.3 is 198 Å². The number of fused-ring (bicyclic) bond motifs is 5. The van der Waals surface area contributed by atoms with Crippen molar-refractivity contribution in [2.75, 3.05) is 0 Å². The molecule has 0 atom stereocenters. The Bertz CT molecular complexity index is 2450. The van der Waals surface area contributed by atoms with E-state index in [0.717, 1.165) is 35.4 Å². The number of hydrogen-bond donors (Lipinski definition) is 0. The molecule has 0 amide bonds. The Morgan fingerprint density at radius 2 is 1.49 bits per heavy atom. The molecule has 0 spiro atoms. The van der Waals surface area contributed by atoms with Gasteiger partial charge in [0.15, 0.2) is 0 Å². The van der Waals surface area contributed by atoms with Gasteiger partial charge in [-0.1, -0.05) is 20.8 Å². The van der Waals surface area contributed by atoms with Gasteiger partial charge in [-0.15, -0.1) is 0 Å². The quantitative estimate of drug-likeness (QED) is 0.179. The third kappa shape index (κ3) is 4.80. The van der Waals surface area contributed by atoms with Crippen LogP contribution in [-0.4, -0.2) is 18.7 Å². The van der Waals surface area contributed by atoms with E-state index in [-0.39, 0.29) is 5.41 Å². The molecule has 0 saturated carbocycles. The fourth-order valence-electron chi connectivity index (χ4n) is 6.73. The van der Waals surface area contributed by atoms with E-state index in [9.17, 15) is 0 Å². The molecule has 8 rings (SSSR count). The second kappa shape index (κ2) is 10.7. The summed E-state index contributed by atoms with van der Waals surface area (Å²) in [5.41, 5.74) is 8.60. The van der Waals surface area contributed by atoms with E-state index in [0.29, 0.717) is 20.8 Å². The molecular formula is C39H36N4OPt. The van der Waals surface area contributed by atoms with Gasteiger partial charge in [0.05, 0.1) is 0 Å². The van der Waals surface area contributed by atoms with Gasteiger partial charge in [0.2, 0.25) is 0 Å². The van der Waals surface area contributed by atoms with Crippen LogP contribution in [0.1, 0.15) is 54.4 Å². The first kappa shape index (κ1) is 25.0. The fraction of sp³-hybridized carbons (Fsp3) is 0.231. The Kier molecular flexibility index (Phi) is 5.95. The van der Waals surface area contributed by atoms with Gasteiger partial charge in [-0.25, -0.2) is 0 Å². The molecule has 5 nitrogen and oxygen atoms in total. The number of ether oxygens (including phenoxy) is 1. The summed E-state index contributed by atoms with van der Waals surface area (Å²) >= 11 is 2.10. The summed E-state index contributed by atoms with van der Waals surface area (Å²) in [5, 5.41) is 2.41. The van der Waals surface area contributed by atoms with Crippen LogP contribution in [0.4, 0.5) is 0 Å². The molecule has 7 aromatic rings. The van der Waals surface area contributed by atoms with Gasteiger partial charge in [0, 0.05) is 6.20 Å². The first-order chi connectivity index (χ1) is 23.0. The molecule has 45 heavy (non-hydrogen) atoms. The van der Waals surface area contributed by atoms with Crippen molar-refractivity contribution < 1.29 is 28.2 Å². The van der Waals surface area contributed by atoms with E-state index in [1.807, 2.05) is 65.4 Å². The first-order valence-corrected chi connectivity index (χ1v) is 16.6. The van der Waals surface area contributed by atoms with E-state index in [2.05, 4.69) is 81.1 Å². The monoisotopic (exact) mass is 774 g/mol. The third-order valence-corrected chi connectivity index (χ3v) is 10.1. The predicted octanol–water partition coefficient (Wildman–Crippen LogP) is 9.51. The van der Waals surface area contributed by atoms with Gasteiger partial charge in [0.1, 0.15) is 0 Å². The number of benzene rings is 4. The van der Waals surface area contributed by atoms with E-state index in [1.54, 1.807) is 0 Å². The van der Waals surface area contributed by atoms with Gasteiger partial charge in [-0.05, 0) is 53.9 Å². The average molecular weight is 775 g/mol. The molecule has 0 fully saturated rings. The summed E-state index contributed by atoms with van der Waals surface area (Å²) in [5.74, 6) is 2.27. The van der Waals surface area contributed by atoms with Crippen molar-refractivity contribution in [2.45, 2.75) is 51.9 Å². The number of rotatable bonds is 4. The maximum absolute atomic E-state index is 8.19. The standard InChI is InChI=1S/C39H36N4O.Pt/c1-39(2,3)28-18-19-40-38(22-28)43-36-21-27-11-6-5-10-26(27)20-33(36)32-17-16-31(24-37(32)43)44-30-13-9-12-29(23-30)42-25-41(4)34-14-7-8-15-35(34)42;/h7-9,12-24H,5-6,10-11H2,1-4H3;/i4D3;. The first-order valence-electron chi connectivity index (χ1n) is 17.0. The molecule has 1 aliphatic rings. The Balaban J connectivity index is 1.26. The van der Waals surface area contributed by atoms with Crippen LogP contribution in [0.3, 0.4) is 0 Å². The fourth-order valence-corrected chi connectivity index (χ4v) is 7.57. The van der Waals surface area contributed by atoms with Gasteiger partial charge in [-0.2, -0.15) is 0 Å². The molecule has 0 unspecified atom stereocenters. The van der Waals surface area contributed by atoms with Crippen molar-refractivity contribution in [3.63, 3.8) is 0 Å². The van der Waals surface area contributed by atoms with Gasteiger partial charge < -0.3 is 0 Å². The summed E-state index contributed by atoms with van der Waals surface area (Å²) in [7, 11) is 0. The molecule has 3 aromatic heterocycles. The summed E-state index contributed by atoms with van der Waals surface area (Å²) in [6.07, 6.45) is 6.60. The van der Waals surface area contributed by atoms with E-state index < -0.39 is 6.98 Å². The molecule has 1 aliphatic carbocycles. The summed E-state index contributed by atoms with van der Waals surface area (Å²) in [4.78, 5) is 4.90. The van der Waals surface area contributed by atoms with E-state index >= 15 is 0 Å². The zero-order valence-corrected chi connectivity index (χ0v) is 27.9. The minimum absolute atomic E-state index is 0.0133. The average Bonchev–Trinajstić information content (AvgIpc) is 3.53. The molecule has 4 aromatic carbocycles. The number of pyridine rings is 1. The third-order valence-electron chi connectivity index (χ3n) is 9.06. The molecule has 6 heteroatoms. The van der Waals surface area contributed by atoms with E-state index in [4.69, 9.17) is 13.8 Å². The van der Waals surface area contributed by atoms with Crippen LogP contribution in [0.2, 0.25) is 0 Å². The molecule has 3 heterocycles. The normalized spacial score (nSPS) is 14.8. The van der Waals surface area contributed by atoms with Crippen LogP contribution in [0, 0.1) is 3.80 Å². The second-order valence-electron chi connectivity index (χ2n) is 13.0. The SMILES string of the molecule is [2H]C([2H])([2H])n1[c](=[Pt])n(-c2cccc(Oc3ccc4c5cc6c(cc5n(-c5cc(C(C)(C)C)ccn5)c4c3)CCCC6)c2)c2ccccc21. The number of nitrogens with zero attached hydrogens (tertiary/aromatic N) is 4. The summed E-state index contributed by atoms with van der Waals surface area (Å²) in [6.45, 7) is 4.38. The molecule has 0 radical (unpaired) electrons. The molecule has 0 N–H and O–H groups in total. The molecule has 0 saturated heterocycles. The Hall–Kier alpha value is -4.21. The van der Waals surface area contributed by atoms with Crippen molar-refractivity contribution in [1.29, 1.82) is 0 Å². The second-order valence-corrected chi connectivity index (χ2v) is 14.0. The molecule has 228 valence electrons. The van der Waals surface area contributed by atoms with Crippen LogP contribution >= 0.6 is 0 Å². The number of para-hydroxylation sites is 2. The van der Waals surface area contributed by atoms with Gasteiger partial charge in [-0.3, -0.25) is 0 Å². The van der Waals surface area contributed by atoms with Crippen molar-refractivity contribution in [2.24, 2.45) is 6.98 Å². The molecular weight excluding hydrogens is 736 g/mol. The zero-order chi connectivity index (χ0) is 33.4. The van der Waals surface area contributed by atoms with Crippen molar-refractivity contribution >= 4 is 32.8 Å². The Labute approximate surface area is 278 Å². The number of aromatic nitrogens is 4. The van der Waals surface area contributed by atoms with Crippen molar-refractivity contribution in [3.05, 3.63) is 118 Å². The topological polar surface area (TPSA) is 36.9 Å². The predicted molar refractivity (Wildman–Crippen MR) is 179 cm³/mol. The van der Waals surface area contributed by atoms with Crippen LogP contribution in [0.5, 0.6) is 11.5 Å². The zero-order valence-electron chi connectivity index (χ0n) is 28.6. The van der Waals surface area contributed by atoms with Crippen molar-refractivity contribution in [1.82, 2.24) is 18.7 Å². The number of imidazole rings is 1. The number of aryl methyl sites for hydroxylation is 3. The number of hydrogen-bond acceptors (Lipinski definition) is 2. The van der Waals surface area contributed by atoms with Crippen LogP contribution < -0.4 is 4.74 Å². The van der Waals surface area contributed by atoms with Crippen LogP contribution in [0.25, 0.3) is 44.3 Å². The summed E-state index contributed by atoms with van der Waals surface area (Å²) in [6, 6.07) is 30.8. The molecule has 0 bridgehead atoms. The van der Waals surface area contributed by atoms with Gasteiger partial charge in [0.25, 0.3) is 0 Å². The van der Waals surface area contributed by atoms with Crippen LogP contribution in [-0.2, 0) is 44.6 Å². The molecule has 0 aliphatic heterocycles. The maximum atomic E-state index is 8.19. The summed E-state index contributed by atoms with van der Waals surface area (Å²) < 4.78 is 37.4. The van der Waals surface area contributed by atoms with Crippen molar-refractivity contribution in [3.8, 4) is 23.0 Å². The Morgan fingerprint density at radius 3 is 2.29 bits per heavy atom. The minimum atomic E-state index is -2.32.